The summed E-state index contributed by atoms with van der Waals surface area (Å²) >= 11 is 12.8. The fourth-order valence-electron chi connectivity index (χ4n) is 5.23. The number of hydrogen-bond donors (Lipinski definition) is 0. The smallest absolute Gasteiger partial charge is 0.227 e. The number of carbonyl (C=O) groups excluding carboxylic acids is 2. The maximum absolute atomic E-state index is 12.7. The molecule has 30 heavy (non-hydrogen) atoms. The van der Waals surface area contributed by atoms with Gasteiger partial charge in [0.05, 0.1) is 13.1 Å². The van der Waals surface area contributed by atoms with Gasteiger partial charge in [0.25, 0.3) is 0 Å². The van der Waals surface area contributed by atoms with E-state index in [1.807, 2.05) is 46.2 Å². The summed E-state index contributed by atoms with van der Waals surface area (Å²) in [4.78, 5) is 29.1. The first kappa shape index (κ1) is 18.2. The van der Waals surface area contributed by atoms with E-state index in [1.54, 1.807) is 0 Å². The molecule has 0 spiro atoms. The summed E-state index contributed by atoms with van der Waals surface area (Å²) in [5, 5.41) is 1.33. The van der Waals surface area contributed by atoms with E-state index in [2.05, 4.69) is 0 Å². The highest BCUT2D eigenvalue weighted by molar-refractivity contribution is 6.31. The molecule has 2 saturated heterocycles. The maximum Gasteiger partial charge on any atom is 0.227 e. The topological polar surface area (TPSA) is 40.6 Å². The minimum Gasteiger partial charge on any atom is -0.311 e. The van der Waals surface area contributed by atoms with Crippen molar-refractivity contribution in [3.8, 4) is 0 Å². The molecule has 0 N–H and O–H groups in total. The average molecular weight is 437 g/mol. The summed E-state index contributed by atoms with van der Waals surface area (Å²) in [7, 11) is 0. The second kappa shape index (κ2) is 6.47. The van der Waals surface area contributed by atoms with Gasteiger partial charge < -0.3 is 9.80 Å². The molecule has 0 bridgehead atoms. The monoisotopic (exact) mass is 436 g/mol. The highest BCUT2D eigenvalue weighted by atomic mass is 35.5. The number of benzene rings is 2. The van der Waals surface area contributed by atoms with Gasteiger partial charge in [-0.3, -0.25) is 9.59 Å². The summed E-state index contributed by atoms with van der Waals surface area (Å²) in [6.07, 6.45) is 2.41. The molecule has 4 aliphatic rings. The summed E-state index contributed by atoms with van der Waals surface area (Å²) in [5.74, 6) is 0.297. The van der Waals surface area contributed by atoms with Gasteiger partial charge in [0.15, 0.2) is 0 Å². The molecule has 0 aliphatic carbocycles. The van der Waals surface area contributed by atoms with Gasteiger partial charge in [-0.1, -0.05) is 35.3 Å². The fraction of sp³-hybridized carbons (Fsp3) is 0.250. The third-order valence-electron chi connectivity index (χ3n) is 6.57. The quantitative estimate of drug-likeness (QED) is 0.601. The van der Waals surface area contributed by atoms with Crippen molar-refractivity contribution in [1.82, 2.24) is 9.80 Å². The lowest BCUT2D eigenvalue weighted by Crippen LogP contribution is -2.30. The lowest BCUT2D eigenvalue weighted by Gasteiger charge is -2.35. The van der Waals surface area contributed by atoms with Crippen molar-refractivity contribution in [1.29, 1.82) is 0 Å². The number of amides is 2. The van der Waals surface area contributed by atoms with Crippen LogP contribution in [-0.4, -0.2) is 21.6 Å². The molecular formula is C24H18Cl2N2O2. The van der Waals surface area contributed by atoms with Crippen LogP contribution in [0.1, 0.15) is 47.9 Å². The third-order valence-corrected chi connectivity index (χ3v) is 7.04. The van der Waals surface area contributed by atoms with Gasteiger partial charge in [-0.15, -0.1) is 0 Å². The number of carbonyl (C=O) groups is 2. The van der Waals surface area contributed by atoms with E-state index in [9.17, 15) is 9.59 Å². The van der Waals surface area contributed by atoms with Gasteiger partial charge in [0.1, 0.15) is 0 Å². The molecule has 0 atom stereocenters. The Morgan fingerprint density at radius 2 is 1.07 bits per heavy atom. The number of halogens is 2. The van der Waals surface area contributed by atoms with Gasteiger partial charge in [-0.2, -0.15) is 0 Å². The van der Waals surface area contributed by atoms with Crippen LogP contribution in [0.25, 0.3) is 11.1 Å². The lowest BCUT2D eigenvalue weighted by molar-refractivity contribution is -0.128. The van der Waals surface area contributed by atoms with Crippen molar-refractivity contribution in [2.24, 2.45) is 0 Å². The van der Waals surface area contributed by atoms with Crippen molar-refractivity contribution >= 4 is 46.2 Å². The molecule has 4 aliphatic heterocycles. The highest BCUT2D eigenvalue weighted by Gasteiger charge is 2.40. The Bertz CT molecular complexity index is 1130. The van der Waals surface area contributed by atoms with Crippen molar-refractivity contribution in [3.05, 3.63) is 80.1 Å². The normalized spacial score (nSPS) is 19.9. The van der Waals surface area contributed by atoms with Crippen LogP contribution in [0.3, 0.4) is 0 Å². The van der Waals surface area contributed by atoms with E-state index in [1.165, 1.54) is 0 Å². The largest absolute Gasteiger partial charge is 0.311 e. The van der Waals surface area contributed by atoms with Crippen LogP contribution in [0.4, 0.5) is 0 Å². The molecule has 4 heterocycles. The lowest BCUT2D eigenvalue weighted by atomic mass is 9.81. The van der Waals surface area contributed by atoms with Crippen molar-refractivity contribution in [3.63, 3.8) is 0 Å². The molecule has 150 valence electrons. The van der Waals surface area contributed by atoms with Crippen molar-refractivity contribution in [2.75, 3.05) is 0 Å². The van der Waals surface area contributed by atoms with E-state index < -0.39 is 0 Å². The third kappa shape index (κ3) is 2.53. The molecule has 2 aromatic rings. The van der Waals surface area contributed by atoms with Gasteiger partial charge in [-0.05, 0) is 59.4 Å². The van der Waals surface area contributed by atoms with Crippen LogP contribution in [0.2, 0.25) is 10.0 Å². The second-order valence-electron chi connectivity index (χ2n) is 8.21. The zero-order valence-electron chi connectivity index (χ0n) is 16.2. The van der Waals surface area contributed by atoms with Crippen LogP contribution in [0, 0.1) is 0 Å². The molecule has 2 amide bonds. The van der Waals surface area contributed by atoms with Crippen LogP contribution < -0.4 is 0 Å². The Labute approximate surface area is 184 Å². The van der Waals surface area contributed by atoms with Gasteiger partial charge >= 0.3 is 0 Å². The number of fused-ring (bicyclic) bond motifs is 4. The Balaban J connectivity index is 1.70. The molecule has 6 heteroatoms. The molecule has 0 aromatic heterocycles. The number of hydrogen-bond acceptors (Lipinski definition) is 2. The fourth-order valence-corrected chi connectivity index (χ4v) is 5.57. The Morgan fingerprint density at radius 1 is 0.633 bits per heavy atom. The summed E-state index contributed by atoms with van der Waals surface area (Å²) in [5.41, 5.74) is 8.38. The van der Waals surface area contributed by atoms with E-state index in [0.717, 1.165) is 44.8 Å². The minimum atomic E-state index is 0.148. The first-order chi connectivity index (χ1) is 14.5. The van der Waals surface area contributed by atoms with Crippen LogP contribution in [0.15, 0.2) is 47.8 Å². The summed E-state index contributed by atoms with van der Waals surface area (Å²) in [6, 6.07) is 11.7. The van der Waals surface area contributed by atoms with Crippen LogP contribution in [-0.2, 0) is 22.7 Å². The molecular weight excluding hydrogens is 419 g/mol. The van der Waals surface area contributed by atoms with Gasteiger partial charge in [-0.25, -0.2) is 0 Å². The van der Waals surface area contributed by atoms with Gasteiger partial charge in [0.2, 0.25) is 11.8 Å². The molecule has 4 nitrogen and oxygen atoms in total. The number of nitrogens with zero attached hydrogens (tertiary/aromatic N) is 2. The Morgan fingerprint density at radius 3 is 1.50 bits per heavy atom. The average Bonchev–Trinajstić information content (AvgIpc) is 3.28. The number of allylic oxidation sites excluding steroid dienone is 4. The van der Waals surface area contributed by atoms with E-state index in [-0.39, 0.29) is 11.8 Å². The van der Waals surface area contributed by atoms with Crippen molar-refractivity contribution < 1.29 is 9.59 Å². The second-order valence-corrected chi connectivity index (χ2v) is 9.08. The highest BCUT2D eigenvalue weighted by Crippen LogP contribution is 2.51. The van der Waals surface area contributed by atoms with E-state index in [4.69, 9.17) is 23.2 Å². The first-order valence-electron chi connectivity index (χ1n) is 10.2. The van der Waals surface area contributed by atoms with Crippen LogP contribution >= 0.6 is 23.2 Å². The first-order valence-corrected chi connectivity index (χ1v) is 10.9. The Kier molecular flexibility index (Phi) is 3.93. The standard InChI is InChI=1S/C24H18Cl2N2O2/c25-15-3-1-13-11-27-19(5-7-21(27)29)23(17(13)9-15)24-18-10-16(26)4-2-14(18)12-28-20(24)6-8-22(28)30/h1-4,9-10H,5-8,11-12H2. The molecule has 0 saturated carbocycles. The number of rotatable bonds is 1. The summed E-state index contributed by atoms with van der Waals surface area (Å²) in [6.45, 7) is 1.13. The Hall–Kier alpha value is -2.56. The zero-order valence-corrected chi connectivity index (χ0v) is 17.7. The van der Waals surface area contributed by atoms with Crippen LogP contribution in [0.5, 0.6) is 0 Å². The van der Waals surface area contributed by atoms with Crippen molar-refractivity contribution in [2.45, 2.75) is 38.8 Å². The zero-order chi connectivity index (χ0) is 20.6. The van der Waals surface area contributed by atoms with E-state index >= 15 is 0 Å². The predicted octanol–water partition coefficient (Wildman–Crippen LogP) is 5.39. The predicted molar refractivity (Wildman–Crippen MR) is 116 cm³/mol. The summed E-state index contributed by atoms with van der Waals surface area (Å²) < 4.78 is 0. The maximum atomic E-state index is 12.7. The SMILES string of the molecule is O=C1CCC2=C(C3=C4CCC(=O)N4Cc4ccc(Cl)cc43)c3cc(Cl)ccc3CN12. The molecule has 0 radical (unpaired) electrons. The molecule has 2 aromatic carbocycles. The molecule has 6 rings (SSSR count). The molecule has 0 unspecified atom stereocenters. The minimum absolute atomic E-state index is 0.148. The molecule has 2 fully saturated rings. The van der Waals surface area contributed by atoms with E-state index in [0.29, 0.717) is 48.8 Å². The van der Waals surface area contributed by atoms with Gasteiger partial charge in [0, 0.05) is 45.4 Å².